The summed E-state index contributed by atoms with van der Waals surface area (Å²) in [7, 11) is -6.09. The zero-order valence-corrected chi connectivity index (χ0v) is 17.7. The van der Waals surface area contributed by atoms with E-state index in [0.717, 1.165) is 0 Å². The Morgan fingerprint density at radius 3 is 2.20 bits per heavy atom. The summed E-state index contributed by atoms with van der Waals surface area (Å²) in [4.78, 5) is 12.1. The number of carbonyl (C=O) groups is 1. The quantitative estimate of drug-likeness (QED) is 0.531. The molecule has 3 rings (SSSR count). The first kappa shape index (κ1) is 22.0. The minimum Gasteiger partial charge on any atom is -0.486 e. The highest BCUT2D eigenvalue weighted by Gasteiger charge is 2.19. The molecule has 2 aromatic carbocycles. The van der Waals surface area contributed by atoms with E-state index in [1.165, 1.54) is 49.5 Å². The van der Waals surface area contributed by atoms with Crippen molar-refractivity contribution in [2.24, 2.45) is 0 Å². The third kappa shape index (κ3) is 5.27. The minimum atomic E-state index is -3.83. The molecule has 0 unspecified atom stereocenters. The van der Waals surface area contributed by atoms with Crippen LogP contribution < -0.4 is 24.2 Å². The Hall–Kier alpha value is -2.67. The van der Waals surface area contributed by atoms with E-state index >= 15 is 0 Å². The van der Waals surface area contributed by atoms with E-state index in [9.17, 15) is 21.6 Å². The van der Waals surface area contributed by atoms with Gasteiger partial charge in [-0.1, -0.05) is 0 Å². The number of anilines is 1. The van der Waals surface area contributed by atoms with Gasteiger partial charge in [0, 0.05) is 24.7 Å². The van der Waals surface area contributed by atoms with Crippen molar-refractivity contribution in [1.29, 1.82) is 0 Å². The second-order valence-electron chi connectivity index (χ2n) is 6.23. The van der Waals surface area contributed by atoms with Gasteiger partial charge in [0.1, 0.15) is 13.2 Å². The second kappa shape index (κ2) is 9.00. The summed E-state index contributed by atoms with van der Waals surface area (Å²) in [5.74, 6) is 0.405. The van der Waals surface area contributed by atoms with Gasteiger partial charge in [-0.15, -0.1) is 0 Å². The predicted octanol–water partition coefficient (Wildman–Crippen LogP) is 0.673. The number of carbonyl (C=O) groups excluding carboxylic acids is 1. The Bertz CT molecular complexity index is 1130. The van der Waals surface area contributed by atoms with Crippen molar-refractivity contribution in [2.45, 2.75) is 16.2 Å². The summed E-state index contributed by atoms with van der Waals surface area (Å²) in [6.45, 7) is 0.626. The number of rotatable bonds is 8. The zero-order valence-electron chi connectivity index (χ0n) is 16.0. The first-order valence-electron chi connectivity index (χ1n) is 8.94. The van der Waals surface area contributed by atoms with Gasteiger partial charge >= 0.3 is 0 Å². The van der Waals surface area contributed by atoms with E-state index in [1.54, 1.807) is 0 Å². The van der Waals surface area contributed by atoms with E-state index < -0.39 is 26.0 Å². The number of fused-ring (bicyclic) bond motifs is 1. The van der Waals surface area contributed by atoms with Crippen LogP contribution in [0.4, 0.5) is 5.69 Å². The summed E-state index contributed by atoms with van der Waals surface area (Å²) in [5.41, 5.74) is 0.393. The summed E-state index contributed by atoms with van der Waals surface area (Å²) in [6, 6.07) is 9.89. The molecule has 30 heavy (non-hydrogen) atoms. The highest BCUT2D eigenvalue weighted by atomic mass is 32.2. The van der Waals surface area contributed by atoms with Crippen molar-refractivity contribution in [3.8, 4) is 11.5 Å². The molecule has 0 spiro atoms. The van der Waals surface area contributed by atoms with Gasteiger partial charge in [-0.05, 0) is 43.4 Å². The number of ether oxygens (including phenoxy) is 2. The fourth-order valence-electron chi connectivity index (χ4n) is 2.63. The van der Waals surface area contributed by atoms with Crippen molar-refractivity contribution in [1.82, 2.24) is 9.44 Å². The standard InChI is InChI=1S/C18H21N3O7S2/c1-19-29(23,24)14-4-2-13(3-5-14)21-18(22)8-9-20-30(25,26)15-6-7-16-17(12-15)28-11-10-27-16/h2-7,12,19-20H,8-11H2,1H3,(H,21,22). The van der Waals surface area contributed by atoms with Crippen LogP contribution in [0.25, 0.3) is 0 Å². The molecule has 1 amide bonds. The first-order valence-corrected chi connectivity index (χ1v) is 11.9. The maximum Gasteiger partial charge on any atom is 0.240 e. The van der Waals surface area contributed by atoms with Gasteiger partial charge in [-0.25, -0.2) is 26.3 Å². The number of amides is 1. The third-order valence-electron chi connectivity index (χ3n) is 4.19. The summed E-state index contributed by atoms with van der Waals surface area (Å²) >= 11 is 0. The minimum absolute atomic E-state index is 0.00786. The lowest BCUT2D eigenvalue weighted by atomic mass is 10.3. The molecule has 10 nitrogen and oxygen atoms in total. The van der Waals surface area contributed by atoms with Crippen molar-refractivity contribution in [3.05, 3.63) is 42.5 Å². The molecule has 12 heteroatoms. The summed E-state index contributed by atoms with van der Waals surface area (Å²) in [5, 5.41) is 2.58. The van der Waals surface area contributed by atoms with E-state index in [0.29, 0.717) is 30.4 Å². The van der Waals surface area contributed by atoms with Crippen molar-refractivity contribution < 1.29 is 31.1 Å². The number of hydrogen-bond acceptors (Lipinski definition) is 7. The van der Waals surface area contributed by atoms with Gasteiger partial charge in [-0.2, -0.15) is 0 Å². The van der Waals surface area contributed by atoms with Crippen LogP contribution >= 0.6 is 0 Å². The smallest absolute Gasteiger partial charge is 0.240 e. The van der Waals surface area contributed by atoms with Crippen LogP contribution in [0.2, 0.25) is 0 Å². The Balaban J connectivity index is 1.54. The van der Waals surface area contributed by atoms with Crippen molar-refractivity contribution >= 4 is 31.6 Å². The highest BCUT2D eigenvalue weighted by Crippen LogP contribution is 2.32. The molecule has 1 heterocycles. The summed E-state index contributed by atoms with van der Waals surface area (Å²) in [6.07, 6.45) is -0.111. The lowest BCUT2D eigenvalue weighted by Crippen LogP contribution is -2.28. The van der Waals surface area contributed by atoms with Gasteiger partial charge in [0.25, 0.3) is 0 Å². The van der Waals surface area contributed by atoms with Gasteiger partial charge in [0.05, 0.1) is 9.79 Å². The molecule has 0 saturated heterocycles. The lowest BCUT2D eigenvalue weighted by Gasteiger charge is -2.18. The molecule has 0 bridgehead atoms. The first-order chi connectivity index (χ1) is 14.2. The molecule has 0 fully saturated rings. The maximum absolute atomic E-state index is 12.4. The van der Waals surface area contributed by atoms with Crippen LogP contribution in [-0.2, 0) is 24.8 Å². The van der Waals surface area contributed by atoms with Crippen LogP contribution in [0.1, 0.15) is 6.42 Å². The molecule has 0 atom stereocenters. The largest absolute Gasteiger partial charge is 0.486 e. The van der Waals surface area contributed by atoms with Crippen molar-refractivity contribution in [3.63, 3.8) is 0 Å². The van der Waals surface area contributed by atoms with Gasteiger partial charge < -0.3 is 14.8 Å². The number of benzene rings is 2. The maximum atomic E-state index is 12.4. The fourth-order valence-corrected chi connectivity index (χ4v) is 4.41. The molecule has 1 aliphatic heterocycles. The van der Waals surface area contributed by atoms with E-state index in [2.05, 4.69) is 14.8 Å². The van der Waals surface area contributed by atoms with Gasteiger partial charge in [0.15, 0.2) is 11.5 Å². The number of sulfonamides is 2. The van der Waals surface area contributed by atoms with Crippen LogP contribution in [-0.4, -0.2) is 49.5 Å². The lowest BCUT2D eigenvalue weighted by molar-refractivity contribution is -0.116. The van der Waals surface area contributed by atoms with Gasteiger partial charge in [0.2, 0.25) is 26.0 Å². The van der Waals surface area contributed by atoms with Crippen molar-refractivity contribution in [2.75, 3.05) is 32.1 Å². The highest BCUT2D eigenvalue weighted by molar-refractivity contribution is 7.89. The molecule has 0 aliphatic carbocycles. The Morgan fingerprint density at radius 2 is 1.53 bits per heavy atom. The normalized spacial score (nSPS) is 13.6. The predicted molar refractivity (Wildman–Crippen MR) is 109 cm³/mol. The molecule has 1 aliphatic rings. The molecular formula is C18H21N3O7S2. The number of hydrogen-bond donors (Lipinski definition) is 3. The summed E-state index contributed by atoms with van der Waals surface area (Å²) < 4.78 is 63.5. The molecule has 0 aromatic heterocycles. The SMILES string of the molecule is CNS(=O)(=O)c1ccc(NC(=O)CCNS(=O)(=O)c2ccc3c(c2)OCCO3)cc1. The zero-order chi connectivity index (χ0) is 21.8. The molecule has 2 aromatic rings. The van der Waals surface area contributed by atoms with Crippen LogP contribution in [0.3, 0.4) is 0 Å². The molecule has 3 N–H and O–H groups in total. The van der Waals surface area contributed by atoms with E-state index in [-0.39, 0.29) is 22.8 Å². The van der Waals surface area contributed by atoms with Crippen LogP contribution in [0.15, 0.2) is 52.3 Å². The third-order valence-corrected chi connectivity index (χ3v) is 7.07. The second-order valence-corrected chi connectivity index (χ2v) is 9.89. The molecule has 162 valence electrons. The Kier molecular flexibility index (Phi) is 6.61. The van der Waals surface area contributed by atoms with E-state index in [1.807, 2.05) is 0 Å². The Labute approximate surface area is 174 Å². The topological polar surface area (TPSA) is 140 Å². The molecular weight excluding hydrogens is 434 g/mol. The van der Waals surface area contributed by atoms with Crippen LogP contribution in [0, 0.1) is 0 Å². The molecule has 0 saturated carbocycles. The molecule has 0 radical (unpaired) electrons. The van der Waals surface area contributed by atoms with Crippen LogP contribution in [0.5, 0.6) is 11.5 Å². The fraction of sp³-hybridized carbons (Fsp3) is 0.278. The monoisotopic (exact) mass is 455 g/mol. The average molecular weight is 456 g/mol. The van der Waals surface area contributed by atoms with Gasteiger partial charge in [-0.3, -0.25) is 4.79 Å². The average Bonchev–Trinajstić information content (AvgIpc) is 2.73. The van der Waals surface area contributed by atoms with E-state index in [4.69, 9.17) is 9.47 Å². The number of nitrogens with one attached hydrogen (secondary N) is 3. The Morgan fingerprint density at radius 1 is 0.900 bits per heavy atom.